The summed E-state index contributed by atoms with van der Waals surface area (Å²) in [6.07, 6.45) is -3.14. The fourth-order valence-corrected chi connectivity index (χ4v) is 2.07. The zero-order valence-electron chi connectivity index (χ0n) is 12.6. The van der Waals surface area contributed by atoms with E-state index in [1.54, 1.807) is 0 Å². The third-order valence-electron chi connectivity index (χ3n) is 3.31. The van der Waals surface area contributed by atoms with Gasteiger partial charge in [-0.3, -0.25) is 9.36 Å². The molecular weight excluding hydrogens is 293 g/mol. The van der Waals surface area contributed by atoms with Crippen LogP contribution in [0, 0.1) is 0 Å². The first kappa shape index (κ1) is 16.3. The van der Waals surface area contributed by atoms with Crippen molar-refractivity contribution < 1.29 is 13.2 Å². The molecule has 0 saturated heterocycles. The maximum absolute atomic E-state index is 13.0. The van der Waals surface area contributed by atoms with E-state index in [0.29, 0.717) is 5.69 Å². The molecule has 0 aliphatic heterocycles. The van der Waals surface area contributed by atoms with Crippen molar-refractivity contribution in [1.82, 2.24) is 9.55 Å². The summed E-state index contributed by atoms with van der Waals surface area (Å²) < 4.78 is 40.1. The van der Waals surface area contributed by atoms with E-state index in [1.165, 1.54) is 35.2 Å². The number of aromatic nitrogens is 2. The van der Waals surface area contributed by atoms with Crippen LogP contribution in [-0.4, -0.2) is 9.55 Å². The summed E-state index contributed by atoms with van der Waals surface area (Å²) in [6, 6.07) is 6.60. The van der Waals surface area contributed by atoms with Gasteiger partial charge in [0.1, 0.15) is 0 Å². The first-order chi connectivity index (χ1) is 10.1. The van der Waals surface area contributed by atoms with Crippen molar-refractivity contribution in [2.75, 3.05) is 0 Å². The van der Waals surface area contributed by atoms with Crippen molar-refractivity contribution in [3.05, 3.63) is 63.8 Å². The number of rotatable bonds is 2. The molecule has 0 radical (unpaired) electrons. The average molecular weight is 310 g/mol. The molecular formula is C16H17F3N2O. The van der Waals surface area contributed by atoms with Crippen molar-refractivity contribution in [3.63, 3.8) is 0 Å². The van der Waals surface area contributed by atoms with Crippen LogP contribution < -0.4 is 5.56 Å². The molecule has 0 atom stereocenters. The lowest BCUT2D eigenvalue weighted by atomic mass is 9.92. The third kappa shape index (κ3) is 3.55. The summed E-state index contributed by atoms with van der Waals surface area (Å²) in [5.74, 6) is 0. The molecule has 0 fully saturated rings. The SMILES string of the molecule is CC(C)(C)c1cc(=O)n(Cc2ccccc2C(F)(F)F)cn1. The number of nitrogens with zero attached hydrogens (tertiary/aromatic N) is 2. The Hall–Kier alpha value is -2.11. The molecule has 0 spiro atoms. The van der Waals surface area contributed by atoms with E-state index >= 15 is 0 Å². The zero-order valence-corrected chi connectivity index (χ0v) is 12.6. The average Bonchev–Trinajstić information content (AvgIpc) is 2.39. The van der Waals surface area contributed by atoms with Gasteiger partial charge in [-0.25, -0.2) is 4.98 Å². The molecule has 0 amide bonds. The van der Waals surface area contributed by atoms with E-state index < -0.39 is 11.7 Å². The van der Waals surface area contributed by atoms with Gasteiger partial charge in [0.2, 0.25) is 0 Å². The standard InChI is InChI=1S/C16H17F3N2O/c1-15(2,3)13-8-14(22)21(10-20-13)9-11-6-4-5-7-12(11)16(17,18)19/h4-8,10H,9H2,1-3H3. The molecule has 22 heavy (non-hydrogen) atoms. The van der Waals surface area contributed by atoms with E-state index in [4.69, 9.17) is 0 Å². The van der Waals surface area contributed by atoms with Crippen molar-refractivity contribution in [3.8, 4) is 0 Å². The highest BCUT2D eigenvalue weighted by Crippen LogP contribution is 2.32. The Morgan fingerprint density at radius 3 is 2.32 bits per heavy atom. The number of hydrogen-bond donors (Lipinski definition) is 0. The molecule has 0 aliphatic carbocycles. The highest BCUT2D eigenvalue weighted by Gasteiger charge is 2.32. The smallest absolute Gasteiger partial charge is 0.295 e. The number of halogens is 3. The number of alkyl halides is 3. The normalized spacial score (nSPS) is 12.5. The van der Waals surface area contributed by atoms with Gasteiger partial charge in [0.15, 0.2) is 0 Å². The van der Waals surface area contributed by atoms with Gasteiger partial charge in [-0.05, 0) is 11.6 Å². The van der Waals surface area contributed by atoms with E-state index in [1.807, 2.05) is 20.8 Å². The van der Waals surface area contributed by atoms with Crippen LogP contribution in [0.4, 0.5) is 13.2 Å². The molecule has 1 heterocycles. The second-order valence-corrected chi connectivity index (χ2v) is 6.15. The second kappa shape index (κ2) is 5.59. The summed E-state index contributed by atoms with van der Waals surface area (Å²) >= 11 is 0. The maximum atomic E-state index is 13.0. The summed E-state index contributed by atoms with van der Waals surface area (Å²) in [6.45, 7) is 5.58. The van der Waals surface area contributed by atoms with Crippen LogP contribution in [0.2, 0.25) is 0 Å². The number of benzene rings is 1. The molecule has 0 unspecified atom stereocenters. The Balaban J connectivity index is 2.39. The van der Waals surface area contributed by atoms with Gasteiger partial charge in [0, 0.05) is 11.5 Å². The van der Waals surface area contributed by atoms with Crippen molar-refractivity contribution in [2.24, 2.45) is 0 Å². The molecule has 1 aromatic heterocycles. The zero-order chi connectivity index (χ0) is 16.5. The van der Waals surface area contributed by atoms with Crippen LogP contribution in [-0.2, 0) is 18.1 Å². The van der Waals surface area contributed by atoms with Gasteiger partial charge in [0.05, 0.1) is 24.1 Å². The molecule has 6 heteroatoms. The summed E-state index contributed by atoms with van der Waals surface area (Å²) in [7, 11) is 0. The van der Waals surface area contributed by atoms with Gasteiger partial charge in [-0.2, -0.15) is 13.2 Å². The van der Waals surface area contributed by atoms with Gasteiger partial charge >= 0.3 is 6.18 Å². The van der Waals surface area contributed by atoms with Crippen LogP contribution >= 0.6 is 0 Å². The van der Waals surface area contributed by atoms with Crippen LogP contribution in [0.1, 0.15) is 37.6 Å². The Morgan fingerprint density at radius 2 is 1.77 bits per heavy atom. The lowest BCUT2D eigenvalue weighted by Gasteiger charge is -2.18. The van der Waals surface area contributed by atoms with Gasteiger partial charge in [0.25, 0.3) is 5.56 Å². The Kier molecular flexibility index (Phi) is 4.13. The molecule has 0 N–H and O–H groups in total. The summed E-state index contributed by atoms with van der Waals surface area (Å²) in [5.41, 5.74) is -0.735. The minimum Gasteiger partial charge on any atom is -0.295 e. The largest absolute Gasteiger partial charge is 0.416 e. The predicted molar refractivity (Wildman–Crippen MR) is 77.7 cm³/mol. The topological polar surface area (TPSA) is 34.9 Å². The lowest BCUT2D eigenvalue weighted by molar-refractivity contribution is -0.138. The van der Waals surface area contributed by atoms with Gasteiger partial charge in [-0.1, -0.05) is 39.0 Å². The maximum Gasteiger partial charge on any atom is 0.416 e. The van der Waals surface area contributed by atoms with E-state index in [0.717, 1.165) is 6.07 Å². The second-order valence-electron chi connectivity index (χ2n) is 6.15. The Bertz CT molecular complexity index is 727. The minimum absolute atomic E-state index is 0.0439. The molecule has 118 valence electrons. The molecule has 0 bridgehead atoms. The van der Waals surface area contributed by atoms with Crippen LogP contribution in [0.15, 0.2) is 41.5 Å². The quantitative estimate of drug-likeness (QED) is 0.849. The molecule has 0 saturated carbocycles. The van der Waals surface area contributed by atoms with E-state index in [9.17, 15) is 18.0 Å². The number of hydrogen-bond acceptors (Lipinski definition) is 2. The fraction of sp³-hybridized carbons (Fsp3) is 0.375. The highest BCUT2D eigenvalue weighted by atomic mass is 19.4. The van der Waals surface area contributed by atoms with E-state index in [-0.39, 0.29) is 23.1 Å². The first-order valence-corrected chi connectivity index (χ1v) is 6.81. The van der Waals surface area contributed by atoms with Crippen LogP contribution in [0.25, 0.3) is 0 Å². The highest BCUT2D eigenvalue weighted by molar-refractivity contribution is 5.30. The van der Waals surface area contributed by atoms with Crippen LogP contribution in [0.3, 0.4) is 0 Å². The van der Waals surface area contributed by atoms with Crippen molar-refractivity contribution >= 4 is 0 Å². The first-order valence-electron chi connectivity index (χ1n) is 6.81. The van der Waals surface area contributed by atoms with Gasteiger partial charge in [-0.15, -0.1) is 0 Å². The van der Waals surface area contributed by atoms with Gasteiger partial charge < -0.3 is 0 Å². The van der Waals surface area contributed by atoms with Crippen molar-refractivity contribution in [1.29, 1.82) is 0 Å². The third-order valence-corrected chi connectivity index (χ3v) is 3.31. The minimum atomic E-state index is -4.45. The summed E-state index contributed by atoms with van der Waals surface area (Å²) in [5, 5.41) is 0. The Morgan fingerprint density at radius 1 is 1.14 bits per heavy atom. The molecule has 2 aromatic rings. The summed E-state index contributed by atoms with van der Waals surface area (Å²) in [4.78, 5) is 16.3. The fourth-order valence-electron chi connectivity index (χ4n) is 2.07. The molecule has 3 nitrogen and oxygen atoms in total. The lowest BCUT2D eigenvalue weighted by Crippen LogP contribution is -2.26. The molecule has 2 rings (SSSR count). The predicted octanol–water partition coefficient (Wildman–Crippen LogP) is 3.61. The van der Waals surface area contributed by atoms with E-state index in [2.05, 4.69) is 4.98 Å². The monoisotopic (exact) mass is 310 g/mol. The molecule has 1 aromatic carbocycles. The Labute approximate surface area is 126 Å². The van der Waals surface area contributed by atoms with Crippen molar-refractivity contribution in [2.45, 2.75) is 38.9 Å². The molecule has 0 aliphatic rings. The van der Waals surface area contributed by atoms with Crippen LogP contribution in [0.5, 0.6) is 0 Å².